The van der Waals surface area contributed by atoms with Gasteiger partial charge in [0.1, 0.15) is 10.6 Å². The molecule has 1 aliphatic carbocycles. The number of likely N-dealkylation sites (tertiary alicyclic amines) is 1. The number of urea groups is 1. The number of aryl methyl sites for hydroxylation is 2. The van der Waals surface area contributed by atoms with Crippen molar-refractivity contribution in [2.45, 2.75) is 51.6 Å². The molecule has 3 N–H and O–H groups in total. The summed E-state index contributed by atoms with van der Waals surface area (Å²) in [6, 6.07) is 9.09. The Morgan fingerprint density at radius 1 is 1.12 bits per heavy atom. The maximum atomic E-state index is 12.8. The Morgan fingerprint density at radius 3 is 2.79 bits per heavy atom. The number of hydrogen-bond donors (Lipinski definition) is 2. The van der Waals surface area contributed by atoms with Crippen molar-refractivity contribution in [3.8, 4) is 0 Å². The summed E-state index contributed by atoms with van der Waals surface area (Å²) in [4.78, 5) is 38.4. The lowest BCUT2D eigenvalue weighted by Crippen LogP contribution is -2.44. The number of fused-ring (bicyclic) bond motifs is 3. The van der Waals surface area contributed by atoms with Crippen molar-refractivity contribution >= 4 is 45.1 Å². The van der Waals surface area contributed by atoms with E-state index in [1.54, 1.807) is 16.2 Å². The van der Waals surface area contributed by atoms with Crippen LogP contribution in [0.4, 0.5) is 16.3 Å². The molecule has 0 bridgehead atoms. The topological polar surface area (TPSA) is 110 Å². The molecule has 34 heavy (non-hydrogen) atoms. The number of para-hydroxylation sites is 1. The zero-order valence-electron chi connectivity index (χ0n) is 19.1. The summed E-state index contributed by atoms with van der Waals surface area (Å²) in [7, 11) is 0. The smallest absolute Gasteiger partial charge is 0.321 e. The number of rotatable bonds is 4. The average molecular weight is 480 g/mol. The van der Waals surface area contributed by atoms with Crippen LogP contribution >= 0.6 is 11.3 Å². The minimum Gasteiger partial charge on any atom is -0.457 e. The van der Waals surface area contributed by atoms with Gasteiger partial charge in [-0.1, -0.05) is 24.6 Å². The summed E-state index contributed by atoms with van der Waals surface area (Å²) >= 11 is 1.69. The van der Waals surface area contributed by atoms with Gasteiger partial charge < -0.3 is 20.7 Å². The molecule has 0 radical (unpaired) electrons. The van der Waals surface area contributed by atoms with E-state index in [9.17, 15) is 9.59 Å². The van der Waals surface area contributed by atoms with Crippen LogP contribution in [0, 0.1) is 5.92 Å². The molecule has 8 nitrogen and oxygen atoms in total. The van der Waals surface area contributed by atoms with Crippen molar-refractivity contribution in [3.05, 3.63) is 46.6 Å². The first-order valence-corrected chi connectivity index (χ1v) is 12.7. The van der Waals surface area contributed by atoms with Crippen molar-refractivity contribution in [1.29, 1.82) is 0 Å². The summed E-state index contributed by atoms with van der Waals surface area (Å²) in [6.45, 7) is 0.924. The third kappa shape index (κ3) is 4.84. The second-order valence-corrected chi connectivity index (χ2v) is 10.0. The van der Waals surface area contributed by atoms with Crippen molar-refractivity contribution < 1.29 is 14.3 Å². The molecule has 1 aliphatic heterocycles. The minimum atomic E-state index is -0.367. The normalized spacial score (nSPS) is 18.2. The maximum Gasteiger partial charge on any atom is 0.321 e. The predicted molar refractivity (Wildman–Crippen MR) is 133 cm³/mol. The van der Waals surface area contributed by atoms with Gasteiger partial charge in [-0.3, -0.25) is 4.79 Å². The molecule has 2 aliphatic rings. The number of amides is 2. The van der Waals surface area contributed by atoms with Gasteiger partial charge in [0.15, 0.2) is 12.4 Å². The Balaban J connectivity index is 1.21. The fraction of sp³-hybridized carbons (Fsp3) is 0.440. The molecule has 2 amide bonds. The molecule has 2 aromatic heterocycles. The molecule has 0 spiro atoms. The quantitative estimate of drug-likeness (QED) is 0.420. The largest absolute Gasteiger partial charge is 0.457 e. The number of nitrogen functional groups attached to an aromatic ring is 1. The number of aromatic nitrogens is 2. The van der Waals surface area contributed by atoms with E-state index in [0.29, 0.717) is 31.2 Å². The Bertz CT molecular complexity index is 1200. The fourth-order valence-electron chi connectivity index (χ4n) is 4.80. The first kappa shape index (κ1) is 22.6. The van der Waals surface area contributed by atoms with Gasteiger partial charge in [-0.05, 0) is 56.2 Å². The fourth-order valence-corrected chi connectivity index (χ4v) is 6.09. The lowest BCUT2D eigenvalue weighted by atomic mass is 9.98. The van der Waals surface area contributed by atoms with Crippen LogP contribution in [0.3, 0.4) is 0 Å². The lowest BCUT2D eigenvalue weighted by molar-refractivity contribution is -0.151. The zero-order valence-corrected chi connectivity index (χ0v) is 19.9. The standard InChI is InChI=1S/C25H29N5O3S/c26-22-21-18-11-5-2-6-12-19(18)34-23(21)29-20(28-22)15-33-24(31)16-8-7-13-30(14-16)25(32)27-17-9-3-1-4-10-17/h1,3-4,9-10,16H,2,5-8,11-15H2,(H,27,32)(H2,26,28,29). The highest BCUT2D eigenvalue weighted by Crippen LogP contribution is 2.37. The summed E-state index contributed by atoms with van der Waals surface area (Å²) < 4.78 is 5.57. The number of benzene rings is 1. The van der Waals surface area contributed by atoms with E-state index in [-0.39, 0.29) is 24.5 Å². The highest BCUT2D eigenvalue weighted by Gasteiger charge is 2.30. The molecule has 1 unspecified atom stereocenters. The number of carbonyl (C=O) groups excluding carboxylic acids is 2. The Kier molecular flexibility index (Phi) is 6.62. The molecule has 5 rings (SSSR count). The second-order valence-electron chi connectivity index (χ2n) is 8.96. The molecule has 1 fully saturated rings. The van der Waals surface area contributed by atoms with Gasteiger partial charge >= 0.3 is 12.0 Å². The second kappa shape index (κ2) is 9.97. The van der Waals surface area contributed by atoms with Crippen LogP contribution in [-0.2, 0) is 29.0 Å². The molecule has 0 saturated carbocycles. The number of hydrogen-bond acceptors (Lipinski definition) is 7. The van der Waals surface area contributed by atoms with E-state index in [1.165, 1.54) is 29.7 Å². The van der Waals surface area contributed by atoms with Gasteiger partial charge in [0.25, 0.3) is 0 Å². The van der Waals surface area contributed by atoms with Crippen molar-refractivity contribution in [2.24, 2.45) is 5.92 Å². The molecule has 178 valence electrons. The summed E-state index contributed by atoms with van der Waals surface area (Å²) in [6.07, 6.45) is 7.12. The first-order valence-electron chi connectivity index (χ1n) is 11.9. The minimum absolute atomic E-state index is 0.0196. The number of nitrogens with zero attached hydrogens (tertiary/aromatic N) is 3. The number of ether oxygens (including phenoxy) is 1. The van der Waals surface area contributed by atoms with Gasteiger partial charge in [0.05, 0.1) is 11.3 Å². The SMILES string of the molecule is Nc1nc(COC(=O)C2CCCN(C(=O)Nc3ccccc3)C2)nc2sc3c(c12)CCCCC3. The van der Waals surface area contributed by atoms with Crippen LogP contribution in [-0.4, -0.2) is 40.0 Å². The van der Waals surface area contributed by atoms with Gasteiger partial charge in [0.2, 0.25) is 0 Å². The molecule has 1 saturated heterocycles. The van der Waals surface area contributed by atoms with E-state index in [2.05, 4.69) is 15.3 Å². The molecule has 1 aromatic carbocycles. The summed E-state index contributed by atoms with van der Waals surface area (Å²) in [5, 5.41) is 3.85. The van der Waals surface area contributed by atoms with E-state index in [1.807, 2.05) is 30.3 Å². The van der Waals surface area contributed by atoms with Gasteiger partial charge in [0, 0.05) is 23.7 Å². The van der Waals surface area contributed by atoms with Crippen LogP contribution in [0.5, 0.6) is 0 Å². The summed E-state index contributed by atoms with van der Waals surface area (Å²) in [5.74, 6) is 0.191. The van der Waals surface area contributed by atoms with Crippen molar-refractivity contribution in [1.82, 2.24) is 14.9 Å². The van der Waals surface area contributed by atoms with Crippen LogP contribution in [0.25, 0.3) is 10.2 Å². The van der Waals surface area contributed by atoms with E-state index < -0.39 is 0 Å². The Hall–Kier alpha value is -3.20. The third-order valence-electron chi connectivity index (χ3n) is 6.55. The number of thiophene rings is 1. The van der Waals surface area contributed by atoms with Crippen molar-refractivity contribution in [2.75, 3.05) is 24.1 Å². The molecule has 9 heteroatoms. The van der Waals surface area contributed by atoms with Gasteiger partial charge in [-0.2, -0.15) is 0 Å². The Labute approximate surface area is 202 Å². The Morgan fingerprint density at radius 2 is 1.94 bits per heavy atom. The monoisotopic (exact) mass is 479 g/mol. The first-order chi connectivity index (χ1) is 16.6. The van der Waals surface area contributed by atoms with Crippen molar-refractivity contribution in [3.63, 3.8) is 0 Å². The molecule has 3 heterocycles. The number of nitrogens with two attached hydrogens (primary N) is 1. The number of nitrogens with one attached hydrogen (secondary N) is 1. The third-order valence-corrected chi connectivity index (χ3v) is 7.74. The molecular weight excluding hydrogens is 450 g/mol. The zero-order chi connectivity index (χ0) is 23.5. The number of piperidine rings is 1. The number of esters is 1. The maximum absolute atomic E-state index is 12.8. The van der Waals surface area contributed by atoms with Crippen LogP contribution < -0.4 is 11.1 Å². The van der Waals surface area contributed by atoms with E-state index >= 15 is 0 Å². The van der Waals surface area contributed by atoms with Gasteiger partial charge in [-0.25, -0.2) is 14.8 Å². The average Bonchev–Trinajstić information content (AvgIpc) is 3.05. The number of carbonyl (C=O) groups is 2. The highest BCUT2D eigenvalue weighted by molar-refractivity contribution is 7.19. The van der Waals surface area contributed by atoms with Crippen LogP contribution in [0.2, 0.25) is 0 Å². The van der Waals surface area contributed by atoms with Crippen LogP contribution in [0.15, 0.2) is 30.3 Å². The van der Waals surface area contributed by atoms with E-state index in [4.69, 9.17) is 10.5 Å². The van der Waals surface area contributed by atoms with Gasteiger partial charge in [-0.15, -0.1) is 11.3 Å². The predicted octanol–water partition coefficient (Wildman–Crippen LogP) is 4.53. The molecular formula is C25H29N5O3S. The lowest BCUT2D eigenvalue weighted by Gasteiger charge is -2.31. The van der Waals surface area contributed by atoms with E-state index in [0.717, 1.165) is 35.2 Å². The highest BCUT2D eigenvalue weighted by atomic mass is 32.1. The summed E-state index contributed by atoms with van der Waals surface area (Å²) in [5.41, 5.74) is 8.33. The van der Waals surface area contributed by atoms with Crippen LogP contribution in [0.1, 0.15) is 48.4 Å². The number of anilines is 2. The molecule has 1 atom stereocenters. The molecule has 3 aromatic rings.